The molecule has 2 saturated heterocycles. The molecule has 6 rings (SSSR count). The first-order chi connectivity index (χ1) is 27.5. The zero-order chi connectivity index (χ0) is 40.4. The largest absolute Gasteiger partial charge is 0.392 e. The van der Waals surface area contributed by atoms with Crippen molar-refractivity contribution in [3.05, 3.63) is 95.1 Å². The standard InChI is InChI=1S/C47H64N4O6/c1-32(53)48-25-9-5-6-18-44(54)49-29-34-12-10-14-37(26-34)38-15-11-16-39(27-38)46-56-40(28-43(57-46)36-21-19-33(31-52)20-22-36)30-51-41-17-8-7-13-35(41)23-24-42(51)45(55)50-47(2,3)4/h10-12,14-16,19-22,26-27,35,40-43,46,52H,5-9,13,17-18,23-25,28-31H2,1-4H3,(H,48,53)(H,49,54)(H,50,55)/t35-,40-,41-,42-,43+,46+/m1/s1. The number of hydrogen-bond donors (Lipinski definition) is 4. The molecule has 0 aromatic heterocycles. The fourth-order valence-electron chi connectivity index (χ4n) is 8.86. The maximum Gasteiger partial charge on any atom is 0.237 e. The number of fused-ring (bicyclic) bond motifs is 1. The van der Waals surface area contributed by atoms with Crippen molar-refractivity contribution in [3.8, 4) is 11.1 Å². The summed E-state index contributed by atoms with van der Waals surface area (Å²) in [6, 6.07) is 24.7. The van der Waals surface area contributed by atoms with Crippen LogP contribution in [0.25, 0.3) is 11.1 Å². The molecule has 3 aromatic carbocycles. The summed E-state index contributed by atoms with van der Waals surface area (Å²) >= 11 is 0. The summed E-state index contributed by atoms with van der Waals surface area (Å²) in [5.41, 5.74) is 5.58. The normalized spacial score (nSPS) is 23.9. The van der Waals surface area contributed by atoms with E-state index in [0.717, 1.165) is 71.9 Å². The predicted molar refractivity (Wildman–Crippen MR) is 223 cm³/mol. The van der Waals surface area contributed by atoms with E-state index in [9.17, 15) is 19.5 Å². The Morgan fingerprint density at radius 2 is 1.56 bits per heavy atom. The van der Waals surface area contributed by atoms with Crippen LogP contribution in [0.3, 0.4) is 0 Å². The summed E-state index contributed by atoms with van der Waals surface area (Å²) < 4.78 is 13.7. The van der Waals surface area contributed by atoms with Gasteiger partial charge in [-0.3, -0.25) is 19.3 Å². The number of aliphatic hydroxyl groups excluding tert-OH is 1. The van der Waals surface area contributed by atoms with Gasteiger partial charge in [0, 0.05) is 56.5 Å². The van der Waals surface area contributed by atoms with Crippen LogP contribution in [0.15, 0.2) is 72.8 Å². The molecule has 2 aliphatic heterocycles. The quantitative estimate of drug-likeness (QED) is 0.117. The van der Waals surface area contributed by atoms with Gasteiger partial charge in [-0.1, -0.05) is 79.9 Å². The molecule has 57 heavy (non-hydrogen) atoms. The summed E-state index contributed by atoms with van der Waals surface area (Å²) in [5.74, 6) is 0.700. The molecule has 3 fully saturated rings. The maximum absolute atomic E-state index is 13.9. The summed E-state index contributed by atoms with van der Waals surface area (Å²) in [5, 5.41) is 18.9. The fraction of sp³-hybridized carbons (Fsp3) is 0.553. The topological polar surface area (TPSA) is 129 Å². The van der Waals surface area contributed by atoms with Crippen molar-refractivity contribution < 1.29 is 29.0 Å². The number of likely N-dealkylation sites (tertiary alicyclic amines) is 1. The van der Waals surface area contributed by atoms with Crippen molar-refractivity contribution in [3.63, 3.8) is 0 Å². The highest BCUT2D eigenvalue weighted by atomic mass is 16.7. The molecule has 0 unspecified atom stereocenters. The van der Waals surface area contributed by atoms with Crippen molar-refractivity contribution >= 4 is 17.7 Å². The minimum atomic E-state index is -0.624. The van der Waals surface area contributed by atoms with E-state index in [2.05, 4.69) is 51.2 Å². The van der Waals surface area contributed by atoms with E-state index < -0.39 is 6.29 Å². The molecule has 308 valence electrons. The maximum atomic E-state index is 13.9. The average Bonchev–Trinajstić information content (AvgIpc) is 3.20. The van der Waals surface area contributed by atoms with Crippen LogP contribution in [0, 0.1) is 5.92 Å². The number of ether oxygens (including phenoxy) is 2. The molecule has 1 saturated carbocycles. The Morgan fingerprint density at radius 1 is 0.807 bits per heavy atom. The first kappa shape index (κ1) is 42.5. The van der Waals surface area contributed by atoms with Crippen molar-refractivity contribution in [1.82, 2.24) is 20.9 Å². The molecule has 3 aromatic rings. The lowest BCUT2D eigenvalue weighted by atomic mass is 9.75. The van der Waals surface area contributed by atoms with Gasteiger partial charge >= 0.3 is 0 Å². The number of aliphatic hydroxyl groups is 1. The molecule has 0 spiro atoms. The SMILES string of the molecule is CC(=O)NCCCCCC(=O)NCc1cccc(-c2cccc([C@H]3O[C@@H](CN4[C@@H](C(=O)NC(C)(C)C)CC[C@H]5CCCC[C@H]54)C[C@@H](c4ccc(CO)cc4)O3)c2)c1. The van der Waals surface area contributed by atoms with Crippen molar-refractivity contribution in [1.29, 1.82) is 0 Å². The lowest BCUT2D eigenvalue weighted by Crippen LogP contribution is -2.61. The number of amides is 3. The third kappa shape index (κ3) is 12.2. The number of benzene rings is 3. The number of nitrogens with one attached hydrogen (secondary N) is 3. The average molecular weight is 781 g/mol. The van der Waals surface area contributed by atoms with Crippen molar-refractivity contribution in [2.75, 3.05) is 13.1 Å². The van der Waals surface area contributed by atoms with Crippen molar-refractivity contribution in [2.24, 2.45) is 5.92 Å². The minimum Gasteiger partial charge on any atom is -0.392 e. The second-order valence-corrected chi connectivity index (χ2v) is 17.4. The predicted octanol–water partition coefficient (Wildman–Crippen LogP) is 7.64. The summed E-state index contributed by atoms with van der Waals surface area (Å²) in [4.78, 5) is 40.0. The van der Waals surface area contributed by atoms with E-state index in [0.29, 0.717) is 44.4 Å². The van der Waals surface area contributed by atoms with Gasteiger partial charge < -0.3 is 30.5 Å². The molecular formula is C47H64N4O6. The number of unbranched alkanes of at least 4 members (excludes halogenated alkanes) is 2. The van der Waals surface area contributed by atoms with Gasteiger partial charge in [0.25, 0.3) is 0 Å². The number of carbonyl (C=O) groups excluding carboxylic acids is 3. The second kappa shape index (κ2) is 20.1. The Morgan fingerprint density at radius 3 is 2.32 bits per heavy atom. The highest BCUT2D eigenvalue weighted by Gasteiger charge is 2.44. The van der Waals surface area contributed by atoms with Gasteiger partial charge in [-0.25, -0.2) is 0 Å². The fourth-order valence-corrected chi connectivity index (χ4v) is 8.86. The van der Waals surface area contributed by atoms with E-state index in [1.165, 1.54) is 26.2 Å². The zero-order valence-electron chi connectivity index (χ0n) is 34.4. The van der Waals surface area contributed by atoms with Gasteiger partial charge in [0.15, 0.2) is 6.29 Å². The number of hydrogen-bond acceptors (Lipinski definition) is 7. The molecule has 4 N–H and O–H groups in total. The molecule has 3 aliphatic rings. The lowest BCUT2D eigenvalue weighted by molar-refractivity contribution is -0.255. The molecule has 10 heteroatoms. The second-order valence-electron chi connectivity index (χ2n) is 17.4. The van der Waals surface area contributed by atoms with Crippen LogP contribution in [0.1, 0.15) is 133 Å². The van der Waals surface area contributed by atoms with E-state index in [-0.39, 0.29) is 48.1 Å². The molecule has 3 amide bonds. The molecule has 6 atom stereocenters. The van der Waals surface area contributed by atoms with Crippen LogP contribution in [0.2, 0.25) is 0 Å². The monoisotopic (exact) mass is 780 g/mol. The van der Waals surface area contributed by atoms with Crippen LogP contribution in [-0.2, 0) is 37.0 Å². The molecular weight excluding hydrogens is 717 g/mol. The van der Waals surface area contributed by atoms with Crippen LogP contribution >= 0.6 is 0 Å². The van der Waals surface area contributed by atoms with E-state index in [1.807, 2.05) is 63.2 Å². The first-order valence-corrected chi connectivity index (χ1v) is 21.2. The lowest BCUT2D eigenvalue weighted by Gasteiger charge is -2.50. The Balaban J connectivity index is 1.18. The van der Waals surface area contributed by atoms with E-state index in [4.69, 9.17) is 9.47 Å². The third-order valence-corrected chi connectivity index (χ3v) is 11.7. The van der Waals surface area contributed by atoms with Gasteiger partial charge in [-0.05, 0) is 105 Å². The summed E-state index contributed by atoms with van der Waals surface area (Å²) in [6.45, 7) is 9.37. The zero-order valence-corrected chi connectivity index (χ0v) is 34.4. The molecule has 0 bridgehead atoms. The van der Waals surface area contributed by atoms with Crippen LogP contribution < -0.4 is 16.0 Å². The van der Waals surface area contributed by atoms with Gasteiger partial charge in [-0.15, -0.1) is 0 Å². The molecule has 0 radical (unpaired) electrons. The first-order valence-electron chi connectivity index (χ1n) is 21.2. The Bertz CT molecular complexity index is 1790. The molecule has 10 nitrogen and oxygen atoms in total. The number of carbonyl (C=O) groups is 3. The summed E-state index contributed by atoms with van der Waals surface area (Å²) in [6.07, 6.45) is 9.32. The van der Waals surface area contributed by atoms with Crippen LogP contribution in [0.5, 0.6) is 0 Å². The smallest absolute Gasteiger partial charge is 0.237 e. The van der Waals surface area contributed by atoms with Crippen LogP contribution in [-0.4, -0.2) is 64.5 Å². The Labute approximate surface area is 339 Å². The minimum absolute atomic E-state index is 0.0157. The number of piperidine rings is 1. The third-order valence-electron chi connectivity index (χ3n) is 11.7. The Kier molecular flexibility index (Phi) is 15.0. The van der Waals surface area contributed by atoms with Gasteiger partial charge in [0.05, 0.1) is 24.9 Å². The van der Waals surface area contributed by atoms with E-state index in [1.54, 1.807) is 0 Å². The highest BCUT2D eigenvalue weighted by Crippen LogP contribution is 2.42. The molecule has 1 aliphatic carbocycles. The van der Waals surface area contributed by atoms with Crippen molar-refractivity contribution in [2.45, 2.75) is 148 Å². The van der Waals surface area contributed by atoms with Gasteiger partial charge in [-0.2, -0.15) is 0 Å². The number of rotatable bonds is 15. The van der Waals surface area contributed by atoms with Crippen LogP contribution in [0.4, 0.5) is 0 Å². The highest BCUT2D eigenvalue weighted by molar-refractivity contribution is 5.82. The molecule has 2 heterocycles. The van der Waals surface area contributed by atoms with Gasteiger partial charge in [0.2, 0.25) is 17.7 Å². The number of nitrogens with zero attached hydrogens (tertiary/aromatic N) is 1. The van der Waals surface area contributed by atoms with E-state index >= 15 is 0 Å². The summed E-state index contributed by atoms with van der Waals surface area (Å²) in [7, 11) is 0. The van der Waals surface area contributed by atoms with Gasteiger partial charge in [0.1, 0.15) is 0 Å². The Hall–Kier alpha value is -4.09.